The number of carbonyl (C=O) groups is 2. The first-order chi connectivity index (χ1) is 13.4. The molecule has 0 radical (unpaired) electrons. The summed E-state index contributed by atoms with van der Waals surface area (Å²) in [6.07, 6.45) is -1.24. The molecule has 28 heavy (non-hydrogen) atoms. The molecular weight excluding hydrogens is 384 g/mol. The summed E-state index contributed by atoms with van der Waals surface area (Å²) in [6, 6.07) is 12.7. The average molecular weight is 401 g/mol. The Kier molecular flexibility index (Phi) is 5.84. The summed E-state index contributed by atoms with van der Waals surface area (Å²) in [7, 11) is 0. The van der Waals surface area contributed by atoms with Crippen molar-refractivity contribution in [2.45, 2.75) is 20.0 Å². The van der Waals surface area contributed by atoms with E-state index in [9.17, 15) is 18.4 Å². The van der Waals surface area contributed by atoms with Gasteiger partial charge in [-0.3, -0.25) is 4.79 Å². The summed E-state index contributed by atoms with van der Waals surface area (Å²) in [5.41, 5.74) is 2.06. The minimum atomic E-state index is -1.24. The van der Waals surface area contributed by atoms with Gasteiger partial charge in [-0.15, -0.1) is 11.3 Å². The Morgan fingerprint density at radius 3 is 2.32 bits per heavy atom. The second kappa shape index (κ2) is 8.31. The minimum Gasteiger partial charge on any atom is -0.448 e. The number of nitrogens with one attached hydrogen (secondary N) is 1. The fraction of sp³-hybridized carbons (Fsp3) is 0.143. The van der Waals surface area contributed by atoms with Gasteiger partial charge in [-0.1, -0.05) is 35.9 Å². The van der Waals surface area contributed by atoms with Crippen LogP contribution >= 0.6 is 11.3 Å². The molecule has 4 nitrogen and oxygen atoms in total. The lowest BCUT2D eigenvalue weighted by molar-refractivity contribution is -0.123. The SMILES string of the molecule is Cc1ccc(-c2ccsc2C(=O)O[C@@H](C)C(=O)Nc2c(F)cccc2F)cc1. The quantitative estimate of drug-likeness (QED) is 0.599. The van der Waals surface area contributed by atoms with Crippen LogP contribution in [0.1, 0.15) is 22.2 Å². The number of benzene rings is 2. The molecule has 0 unspecified atom stereocenters. The first kappa shape index (κ1) is 19.7. The molecule has 1 amide bonds. The number of hydrogen-bond acceptors (Lipinski definition) is 4. The maximum atomic E-state index is 13.7. The molecule has 3 aromatic rings. The Labute approximate surface area is 164 Å². The topological polar surface area (TPSA) is 55.4 Å². The van der Waals surface area contributed by atoms with E-state index in [2.05, 4.69) is 5.32 Å². The van der Waals surface area contributed by atoms with Crippen LogP contribution in [0.5, 0.6) is 0 Å². The largest absolute Gasteiger partial charge is 0.448 e. The summed E-state index contributed by atoms with van der Waals surface area (Å²) >= 11 is 1.19. The molecule has 144 valence electrons. The number of halogens is 2. The first-order valence-electron chi connectivity index (χ1n) is 8.47. The minimum absolute atomic E-state index is 0.348. The summed E-state index contributed by atoms with van der Waals surface area (Å²) in [6.45, 7) is 3.30. The fourth-order valence-electron chi connectivity index (χ4n) is 2.54. The Hall–Kier alpha value is -3.06. The third-order valence-corrected chi connectivity index (χ3v) is 4.97. The number of ether oxygens (including phenoxy) is 1. The van der Waals surface area contributed by atoms with E-state index in [1.165, 1.54) is 24.3 Å². The molecule has 0 fully saturated rings. The van der Waals surface area contributed by atoms with Crippen LogP contribution in [0.4, 0.5) is 14.5 Å². The van der Waals surface area contributed by atoms with Gasteiger partial charge in [0.1, 0.15) is 22.2 Å². The molecule has 1 aromatic heterocycles. The number of esters is 1. The van der Waals surface area contributed by atoms with E-state index >= 15 is 0 Å². The van der Waals surface area contributed by atoms with Gasteiger partial charge in [0.05, 0.1) is 0 Å². The van der Waals surface area contributed by atoms with E-state index in [0.717, 1.165) is 23.3 Å². The van der Waals surface area contributed by atoms with Crippen LogP contribution in [0.25, 0.3) is 11.1 Å². The van der Waals surface area contributed by atoms with Gasteiger partial charge in [0, 0.05) is 5.56 Å². The summed E-state index contributed by atoms with van der Waals surface area (Å²) < 4.78 is 32.5. The molecule has 0 saturated heterocycles. The van der Waals surface area contributed by atoms with Gasteiger partial charge in [-0.2, -0.15) is 0 Å². The molecule has 0 saturated carbocycles. The van der Waals surface area contributed by atoms with Crippen molar-refractivity contribution in [1.82, 2.24) is 0 Å². The Balaban J connectivity index is 1.72. The molecule has 1 heterocycles. The van der Waals surface area contributed by atoms with Gasteiger partial charge >= 0.3 is 5.97 Å². The second-order valence-corrected chi connectivity index (χ2v) is 7.08. The fourth-order valence-corrected chi connectivity index (χ4v) is 3.33. The van der Waals surface area contributed by atoms with Gasteiger partial charge in [0.25, 0.3) is 5.91 Å². The highest BCUT2D eigenvalue weighted by Gasteiger charge is 2.24. The molecular formula is C21H17F2NO3S. The highest BCUT2D eigenvalue weighted by Crippen LogP contribution is 2.29. The second-order valence-electron chi connectivity index (χ2n) is 6.16. The van der Waals surface area contributed by atoms with Crippen molar-refractivity contribution in [1.29, 1.82) is 0 Å². The van der Waals surface area contributed by atoms with Gasteiger partial charge < -0.3 is 10.1 Å². The standard InChI is InChI=1S/C21H17F2NO3S/c1-12-6-8-14(9-7-12)15-10-11-28-19(15)21(26)27-13(2)20(25)24-18-16(22)4-3-5-17(18)23/h3-11,13H,1-2H3,(H,24,25)/t13-/m0/s1. The first-order valence-corrected chi connectivity index (χ1v) is 9.35. The molecule has 1 atom stereocenters. The lowest BCUT2D eigenvalue weighted by Gasteiger charge is -2.14. The van der Waals surface area contributed by atoms with Crippen LogP contribution in [0.15, 0.2) is 53.9 Å². The van der Waals surface area contributed by atoms with Crippen molar-refractivity contribution in [2.24, 2.45) is 0 Å². The molecule has 0 aliphatic rings. The number of amides is 1. The van der Waals surface area contributed by atoms with Crippen LogP contribution in [-0.4, -0.2) is 18.0 Å². The monoisotopic (exact) mass is 401 g/mol. The zero-order valence-corrected chi connectivity index (χ0v) is 16.0. The Morgan fingerprint density at radius 1 is 1.04 bits per heavy atom. The van der Waals surface area contributed by atoms with E-state index in [1.54, 1.807) is 11.4 Å². The van der Waals surface area contributed by atoms with Crippen LogP contribution in [0.3, 0.4) is 0 Å². The lowest BCUT2D eigenvalue weighted by Crippen LogP contribution is -2.30. The molecule has 0 bridgehead atoms. The molecule has 0 aliphatic heterocycles. The maximum absolute atomic E-state index is 13.7. The van der Waals surface area contributed by atoms with Crippen LogP contribution in [0, 0.1) is 18.6 Å². The number of hydrogen-bond donors (Lipinski definition) is 1. The van der Waals surface area contributed by atoms with Gasteiger partial charge in [-0.25, -0.2) is 13.6 Å². The number of thiophene rings is 1. The predicted molar refractivity (Wildman–Crippen MR) is 104 cm³/mol. The van der Waals surface area contributed by atoms with Crippen LogP contribution in [0.2, 0.25) is 0 Å². The Bertz CT molecular complexity index is 994. The molecule has 0 aliphatic carbocycles. The summed E-state index contributed by atoms with van der Waals surface area (Å²) in [5, 5.41) is 3.87. The smallest absolute Gasteiger partial charge is 0.349 e. The number of carbonyl (C=O) groups excluding carboxylic acids is 2. The predicted octanol–water partition coefficient (Wildman–Crippen LogP) is 5.19. The van der Waals surface area contributed by atoms with E-state index in [0.29, 0.717) is 10.4 Å². The zero-order chi connectivity index (χ0) is 20.3. The summed E-state index contributed by atoms with van der Waals surface area (Å²) in [4.78, 5) is 25.1. The van der Waals surface area contributed by atoms with E-state index in [4.69, 9.17) is 4.74 Å². The van der Waals surface area contributed by atoms with E-state index in [-0.39, 0.29) is 0 Å². The van der Waals surface area contributed by atoms with Gasteiger partial charge in [0.2, 0.25) is 0 Å². The van der Waals surface area contributed by atoms with E-state index < -0.39 is 35.3 Å². The number of para-hydroxylation sites is 1. The molecule has 1 N–H and O–H groups in total. The van der Waals surface area contributed by atoms with Crippen LogP contribution < -0.4 is 5.32 Å². The lowest BCUT2D eigenvalue weighted by atomic mass is 10.1. The third kappa shape index (κ3) is 4.26. The van der Waals surface area contributed by atoms with Crippen molar-refractivity contribution in [2.75, 3.05) is 5.32 Å². The number of anilines is 1. The number of rotatable bonds is 5. The average Bonchev–Trinajstić information content (AvgIpc) is 3.15. The highest BCUT2D eigenvalue weighted by atomic mass is 32.1. The maximum Gasteiger partial charge on any atom is 0.349 e. The number of aryl methyl sites for hydroxylation is 1. The van der Waals surface area contributed by atoms with Crippen molar-refractivity contribution in [3.63, 3.8) is 0 Å². The van der Waals surface area contributed by atoms with Crippen molar-refractivity contribution in [3.8, 4) is 11.1 Å². The molecule has 0 spiro atoms. The molecule has 3 rings (SSSR count). The van der Waals surface area contributed by atoms with Crippen molar-refractivity contribution >= 4 is 28.9 Å². The van der Waals surface area contributed by atoms with E-state index in [1.807, 2.05) is 31.2 Å². The highest BCUT2D eigenvalue weighted by molar-refractivity contribution is 7.12. The zero-order valence-electron chi connectivity index (χ0n) is 15.2. The molecule has 2 aromatic carbocycles. The third-order valence-electron chi connectivity index (χ3n) is 4.08. The van der Waals surface area contributed by atoms with Crippen molar-refractivity contribution < 1.29 is 23.1 Å². The normalized spacial score (nSPS) is 11.7. The Morgan fingerprint density at radius 2 is 1.68 bits per heavy atom. The van der Waals surface area contributed by atoms with Gasteiger partial charge in [-0.05, 0) is 43.0 Å². The van der Waals surface area contributed by atoms with Crippen molar-refractivity contribution in [3.05, 3.63) is 76.0 Å². The van der Waals surface area contributed by atoms with Crippen LogP contribution in [-0.2, 0) is 9.53 Å². The molecule has 7 heteroatoms. The summed E-state index contributed by atoms with van der Waals surface area (Å²) in [5.74, 6) is -3.33. The van der Waals surface area contributed by atoms with Gasteiger partial charge in [0.15, 0.2) is 6.10 Å².